The van der Waals surface area contributed by atoms with E-state index in [0.29, 0.717) is 23.9 Å². The molecule has 114 valence electrons. The van der Waals surface area contributed by atoms with Crippen molar-refractivity contribution in [3.63, 3.8) is 0 Å². The fraction of sp³-hybridized carbons (Fsp3) is 0.400. The third kappa shape index (κ3) is 5.48. The van der Waals surface area contributed by atoms with Gasteiger partial charge in [-0.3, -0.25) is 0 Å². The first-order valence-electron chi connectivity index (χ1n) is 6.63. The van der Waals surface area contributed by atoms with Gasteiger partial charge in [-0.05, 0) is 31.0 Å². The summed E-state index contributed by atoms with van der Waals surface area (Å²) < 4.78 is 23.1. The number of nitrogens with zero attached hydrogens (tertiary/aromatic N) is 1. The minimum atomic E-state index is -3.18. The van der Waals surface area contributed by atoms with Crippen molar-refractivity contribution in [2.75, 3.05) is 19.3 Å². The lowest BCUT2D eigenvalue weighted by atomic mass is 10.1. The molecule has 0 atom stereocenters. The molecule has 0 bridgehead atoms. The number of guanidine groups is 1. The van der Waals surface area contributed by atoms with Crippen molar-refractivity contribution in [1.29, 1.82) is 0 Å². The Bertz CT molecular complexity index is 658. The second-order valence-corrected chi connectivity index (χ2v) is 6.61. The van der Waals surface area contributed by atoms with Crippen LogP contribution in [0.25, 0.3) is 0 Å². The normalized spacial score (nSPS) is 11.8. The number of hydrogen-bond acceptors (Lipinski definition) is 3. The fourth-order valence-corrected chi connectivity index (χ4v) is 2.83. The molecule has 5 nitrogen and oxygen atoms in total. The second kappa shape index (κ2) is 7.70. The number of hydrogen-bond donors (Lipinski definition) is 2. The van der Waals surface area contributed by atoms with E-state index in [1.165, 1.54) is 6.26 Å². The first-order valence-corrected chi connectivity index (χ1v) is 8.52. The van der Waals surface area contributed by atoms with E-state index in [1.807, 2.05) is 13.0 Å². The summed E-state index contributed by atoms with van der Waals surface area (Å²) in [5.74, 6) is 3.13. The summed E-state index contributed by atoms with van der Waals surface area (Å²) in [6, 6.07) is 5.24. The quantitative estimate of drug-likeness (QED) is 0.485. The Labute approximate surface area is 126 Å². The van der Waals surface area contributed by atoms with Crippen LogP contribution in [0.15, 0.2) is 28.1 Å². The van der Waals surface area contributed by atoms with E-state index in [-0.39, 0.29) is 0 Å². The largest absolute Gasteiger partial charge is 0.357 e. The molecule has 0 fully saturated rings. The first-order chi connectivity index (χ1) is 9.88. The predicted octanol–water partition coefficient (Wildman–Crippen LogP) is 1.09. The SMILES string of the molecule is C#CCNC(=NCc1ccc(S(C)(=O)=O)c(C)c1)NCC. The van der Waals surface area contributed by atoms with E-state index in [4.69, 9.17) is 6.42 Å². The zero-order valence-corrected chi connectivity index (χ0v) is 13.4. The maximum atomic E-state index is 11.6. The van der Waals surface area contributed by atoms with E-state index < -0.39 is 9.84 Å². The highest BCUT2D eigenvalue weighted by molar-refractivity contribution is 7.90. The summed E-state index contributed by atoms with van der Waals surface area (Å²) >= 11 is 0. The average molecular weight is 307 g/mol. The number of benzene rings is 1. The molecular weight excluding hydrogens is 286 g/mol. The smallest absolute Gasteiger partial charge is 0.192 e. The van der Waals surface area contributed by atoms with E-state index in [1.54, 1.807) is 19.1 Å². The van der Waals surface area contributed by atoms with Crippen LogP contribution in [0.5, 0.6) is 0 Å². The second-order valence-electron chi connectivity index (χ2n) is 4.62. The van der Waals surface area contributed by atoms with Crippen molar-refractivity contribution in [2.45, 2.75) is 25.3 Å². The van der Waals surface area contributed by atoms with Crippen LogP contribution >= 0.6 is 0 Å². The highest BCUT2D eigenvalue weighted by atomic mass is 32.2. The van der Waals surface area contributed by atoms with Gasteiger partial charge >= 0.3 is 0 Å². The van der Waals surface area contributed by atoms with Crippen LogP contribution in [-0.2, 0) is 16.4 Å². The van der Waals surface area contributed by atoms with E-state index in [2.05, 4.69) is 21.5 Å². The Hall–Kier alpha value is -2.00. The van der Waals surface area contributed by atoms with Gasteiger partial charge in [0.2, 0.25) is 0 Å². The molecule has 0 saturated heterocycles. The number of rotatable bonds is 5. The van der Waals surface area contributed by atoms with Crippen LogP contribution in [0, 0.1) is 19.3 Å². The minimum absolute atomic E-state index is 0.354. The van der Waals surface area contributed by atoms with Gasteiger partial charge in [0.15, 0.2) is 15.8 Å². The predicted molar refractivity (Wildman–Crippen MR) is 85.9 cm³/mol. The summed E-state index contributed by atoms with van der Waals surface area (Å²) in [5, 5.41) is 6.08. The standard InChI is InChI=1S/C15H21N3O2S/c1-5-9-17-15(16-6-2)18-11-13-7-8-14(12(3)10-13)21(4,19)20/h1,7-8,10H,6,9,11H2,2-4H3,(H2,16,17,18). The minimum Gasteiger partial charge on any atom is -0.357 e. The van der Waals surface area contributed by atoms with Gasteiger partial charge in [-0.25, -0.2) is 13.4 Å². The molecule has 0 aromatic heterocycles. The van der Waals surface area contributed by atoms with E-state index >= 15 is 0 Å². The van der Waals surface area contributed by atoms with Gasteiger partial charge in [0.1, 0.15) is 0 Å². The van der Waals surface area contributed by atoms with Crippen LogP contribution in [0.4, 0.5) is 0 Å². The monoisotopic (exact) mass is 307 g/mol. The Morgan fingerprint density at radius 3 is 2.62 bits per heavy atom. The number of nitrogens with one attached hydrogen (secondary N) is 2. The van der Waals surface area contributed by atoms with Crippen LogP contribution < -0.4 is 10.6 Å². The van der Waals surface area contributed by atoms with Gasteiger partial charge in [0.05, 0.1) is 18.0 Å². The van der Waals surface area contributed by atoms with Crippen LogP contribution in [-0.4, -0.2) is 33.7 Å². The number of sulfone groups is 1. The van der Waals surface area contributed by atoms with E-state index in [0.717, 1.165) is 17.7 Å². The molecule has 1 aromatic rings. The Morgan fingerprint density at radius 2 is 2.10 bits per heavy atom. The maximum absolute atomic E-state index is 11.6. The van der Waals surface area contributed by atoms with Crippen molar-refractivity contribution in [1.82, 2.24) is 10.6 Å². The molecule has 0 saturated carbocycles. The highest BCUT2D eigenvalue weighted by Crippen LogP contribution is 2.17. The molecule has 0 heterocycles. The van der Waals surface area contributed by atoms with Gasteiger partial charge in [-0.2, -0.15) is 0 Å². The number of terminal acetylenes is 1. The molecular formula is C15H21N3O2S. The van der Waals surface area contributed by atoms with Crippen molar-refractivity contribution in [3.05, 3.63) is 29.3 Å². The molecule has 0 amide bonds. The molecule has 1 rings (SSSR count). The molecule has 6 heteroatoms. The lowest BCUT2D eigenvalue weighted by Gasteiger charge is -2.09. The molecule has 21 heavy (non-hydrogen) atoms. The van der Waals surface area contributed by atoms with Crippen LogP contribution in [0.2, 0.25) is 0 Å². The van der Waals surface area contributed by atoms with Crippen molar-refractivity contribution in [2.24, 2.45) is 4.99 Å². The number of aliphatic imine (C=N–C) groups is 1. The summed E-state index contributed by atoms with van der Waals surface area (Å²) in [5.41, 5.74) is 1.67. The summed E-state index contributed by atoms with van der Waals surface area (Å²) in [6.07, 6.45) is 6.41. The molecule has 1 aromatic carbocycles. The Morgan fingerprint density at radius 1 is 1.38 bits per heavy atom. The highest BCUT2D eigenvalue weighted by Gasteiger charge is 2.10. The number of aryl methyl sites for hydroxylation is 1. The van der Waals surface area contributed by atoms with Gasteiger partial charge in [0.25, 0.3) is 0 Å². The van der Waals surface area contributed by atoms with Gasteiger partial charge < -0.3 is 10.6 Å². The third-order valence-corrected chi connectivity index (χ3v) is 4.02. The molecule has 0 unspecified atom stereocenters. The zero-order valence-electron chi connectivity index (χ0n) is 12.6. The van der Waals surface area contributed by atoms with Crippen molar-refractivity contribution in [3.8, 4) is 12.3 Å². The summed E-state index contributed by atoms with van der Waals surface area (Å²) in [7, 11) is -3.18. The van der Waals surface area contributed by atoms with Crippen LogP contribution in [0.3, 0.4) is 0 Å². The first kappa shape index (κ1) is 17.1. The zero-order chi connectivity index (χ0) is 15.9. The van der Waals surface area contributed by atoms with Crippen molar-refractivity contribution >= 4 is 15.8 Å². The van der Waals surface area contributed by atoms with Crippen molar-refractivity contribution < 1.29 is 8.42 Å². The lowest BCUT2D eigenvalue weighted by Crippen LogP contribution is -2.37. The third-order valence-electron chi connectivity index (χ3n) is 2.76. The van der Waals surface area contributed by atoms with Gasteiger partial charge in [0, 0.05) is 12.8 Å². The maximum Gasteiger partial charge on any atom is 0.192 e. The molecule has 0 aliphatic heterocycles. The summed E-state index contributed by atoms with van der Waals surface area (Å²) in [4.78, 5) is 4.76. The lowest BCUT2D eigenvalue weighted by molar-refractivity contribution is 0.601. The molecule has 2 N–H and O–H groups in total. The van der Waals surface area contributed by atoms with Gasteiger partial charge in [-0.1, -0.05) is 18.1 Å². The topological polar surface area (TPSA) is 70.6 Å². The molecule has 0 radical (unpaired) electrons. The average Bonchev–Trinajstić information content (AvgIpc) is 2.40. The summed E-state index contributed by atoms with van der Waals surface area (Å²) in [6.45, 7) is 5.34. The van der Waals surface area contributed by atoms with E-state index in [9.17, 15) is 8.42 Å². The fourth-order valence-electron chi connectivity index (χ4n) is 1.87. The van der Waals surface area contributed by atoms with Gasteiger partial charge in [-0.15, -0.1) is 6.42 Å². The van der Waals surface area contributed by atoms with Crippen LogP contribution in [0.1, 0.15) is 18.1 Å². The molecule has 0 aliphatic carbocycles. The Balaban J connectivity index is 2.88. The molecule has 0 aliphatic rings. The Kier molecular flexibility index (Phi) is 6.25. The molecule has 0 spiro atoms.